The highest BCUT2D eigenvalue weighted by molar-refractivity contribution is 5.89. The molecule has 4 aromatic rings. The summed E-state index contributed by atoms with van der Waals surface area (Å²) in [4.78, 5) is 36.0. The molecule has 190 valence electrons. The highest BCUT2D eigenvalue weighted by Crippen LogP contribution is 2.17. The van der Waals surface area contributed by atoms with E-state index >= 15 is 0 Å². The van der Waals surface area contributed by atoms with Gasteiger partial charge in [0.05, 0.1) is 9.83 Å². The number of pyridine rings is 2. The van der Waals surface area contributed by atoms with Crippen molar-refractivity contribution in [3.05, 3.63) is 113 Å². The van der Waals surface area contributed by atoms with Gasteiger partial charge < -0.3 is 10.4 Å². The average Bonchev–Trinajstić information content (AvgIpc) is 2.90. The first kappa shape index (κ1) is 25.6. The summed E-state index contributed by atoms with van der Waals surface area (Å²) in [6.45, 7) is 0.264. The zero-order valence-electron chi connectivity index (χ0n) is 20.0. The summed E-state index contributed by atoms with van der Waals surface area (Å²) in [5.41, 5.74) is 2.95. The third-order valence-corrected chi connectivity index (χ3v) is 5.51. The van der Waals surface area contributed by atoms with Crippen molar-refractivity contribution in [1.82, 2.24) is 0 Å². The molecule has 0 fully saturated rings. The summed E-state index contributed by atoms with van der Waals surface area (Å²) in [7, 11) is 0. The van der Waals surface area contributed by atoms with Gasteiger partial charge in [0.2, 0.25) is 12.2 Å². The van der Waals surface area contributed by atoms with E-state index in [0.717, 1.165) is 11.1 Å². The summed E-state index contributed by atoms with van der Waals surface area (Å²) < 4.78 is 3.49. The second-order valence-corrected chi connectivity index (χ2v) is 8.26. The maximum Gasteiger partial charge on any atom is 0.406 e. The number of nitrogens with zero attached hydrogens (tertiary/aromatic N) is 4. The predicted octanol–water partition coefficient (Wildman–Crippen LogP) is 1.64. The molecular weight excluding hydrogens is 492 g/mol. The number of nitro groups is 1. The quantitative estimate of drug-likeness (QED) is 0.0872. The third-order valence-electron chi connectivity index (χ3n) is 5.51. The lowest BCUT2D eigenvalue weighted by molar-refractivity contribution is -0.729. The Hall–Kier alpha value is -5.52. The van der Waals surface area contributed by atoms with Gasteiger partial charge in [0.1, 0.15) is 0 Å². The lowest BCUT2D eigenvalue weighted by Crippen LogP contribution is -2.69. The number of rotatable bonds is 9. The van der Waals surface area contributed by atoms with Crippen molar-refractivity contribution in [2.24, 2.45) is 0 Å². The SMILES string of the molecule is O=C(C[n+]1ccc(-c2cc[n+](CC(O)=[NH+]c3ccc([N+](=O)O)cc3)cc2)cc1)Nc1ccc([N+](=O)[O-])cc1. The average molecular weight is 517 g/mol. The van der Waals surface area contributed by atoms with Gasteiger partial charge in [-0.15, -0.1) is 0 Å². The number of non-ortho nitro benzene ring substituents is 1. The number of carbonyl (C=O) groups is 1. The summed E-state index contributed by atoms with van der Waals surface area (Å²) in [5, 5.41) is 32.6. The second-order valence-electron chi connectivity index (χ2n) is 8.26. The van der Waals surface area contributed by atoms with Gasteiger partial charge >= 0.3 is 11.6 Å². The molecule has 0 unspecified atom stereocenters. The molecule has 2 aromatic heterocycles. The summed E-state index contributed by atoms with van der Waals surface area (Å²) >= 11 is 0. The zero-order chi connectivity index (χ0) is 27.1. The molecule has 0 radical (unpaired) electrons. The van der Waals surface area contributed by atoms with Crippen LogP contribution in [-0.2, 0) is 17.9 Å². The first-order valence-corrected chi connectivity index (χ1v) is 11.4. The van der Waals surface area contributed by atoms with E-state index in [4.69, 9.17) is 5.21 Å². The molecule has 2 aromatic carbocycles. The van der Waals surface area contributed by atoms with E-state index in [1.54, 1.807) is 33.7 Å². The van der Waals surface area contributed by atoms with Crippen LogP contribution in [0.5, 0.6) is 0 Å². The molecule has 0 atom stereocenters. The number of amides is 1. The number of nitro benzene ring substituents is 1. The van der Waals surface area contributed by atoms with Gasteiger partial charge in [0.25, 0.3) is 23.1 Å². The minimum Gasteiger partial charge on any atom is -0.458 e. The highest BCUT2D eigenvalue weighted by atomic mass is 16.6. The predicted molar refractivity (Wildman–Crippen MR) is 134 cm³/mol. The molecule has 1 amide bonds. The van der Waals surface area contributed by atoms with E-state index < -0.39 is 4.92 Å². The Morgan fingerprint density at radius 1 is 0.789 bits per heavy atom. The first-order chi connectivity index (χ1) is 18.3. The normalized spacial score (nSPS) is 11.1. The van der Waals surface area contributed by atoms with Crippen LogP contribution in [0.2, 0.25) is 0 Å². The van der Waals surface area contributed by atoms with Crippen molar-refractivity contribution in [1.29, 1.82) is 0 Å². The summed E-state index contributed by atoms with van der Waals surface area (Å²) in [5.74, 6) is -0.273. The molecule has 0 saturated carbocycles. The van der Waals surface area contributed by atoms with Gasteiger partial charge in [0, 0.05) is 66.4 Å². The number of hydrogen-bond donors (Lipinski definition) is 4. The van der Waals surface area contributed by atoms with Crippen molar-refractivity contribution in [2.75, 3.05) is 5.32 Å². The minimum absolute atomic E-state index is 0.00812. The Labute approximate surface area is 216 Å². The Morgan fingerprint density at radius 3 is 1.79 bits per heavy atom. The molecule has 38 heavy (non-hydrogen) atoms. The van der Waals surface area contributed by atoms with Crippen LogP contribution in [0.4, 0.5) is 22.7 Å². The van der Waals surface area contributed by atoms with E-state index in [1.807, 2.05) is 36.7 Å². The number of carbonyl (C=O) groups excluding carboxylic acids is 1. The van der Waals surface area contributed by atoms with Crippen LogP contribution in [0.25, 0.3) is 11.1 Å². The topological polar surface area (TPSA) is 155 Å². The molecule has 4 N–H and O–H groups in total. The number of nitrogens with one attached hydrogen (secondary N) is 2. The van der Waals surface area contributed by atoms with Crippen LogP contribution >= 0.6 is 0 Å². The number of aromatic nitrogens is 2. The second kappa shape index (κ2) is 11.5. The van der Waals surface area contributed by atoms with Crippen molar-refractivity contribution < 1.29 is 39.1 Å². The summed E-state index contributed by atoms with van der Waals surface area (Å²) in [6, 6.07) is 19.1. The van der Waals surface area contributed by atoms with Gasteiger partial charge in [-0.05, 0) is 23.3 Å². The smallest absolute Gasteiger partial charge is 0.406 e. The molecule has 12 nitrogen and oxygen atoms in total. The molecule has 0 spiro atoms. The number of aliphatic hydroxyl groups is 1. The van der Waals surface area contributed by atoms with E-state index in [0.29, 0.717) is 11.4 Å². The van der Waals surface area contributed by atoms with Gasteiger partial charge in [-0.25, -0.2) is 5.21 Å². The summed E-state index contributed by atoms with van der Waals surface area (Å²) in [6.07, 6.45) is 7.19. The lowest BCUT2D eigenvalue weighted by atomic mass is 10.1. The monoisotopic (exact) mass is 516 g/mol. The lowest BCUT2D eigenvalue weighted by Gasteiger charge is -2.03. The molecule has 2 heterocycles. The largest absolute Gasteiger partial charge is 0.458 e. The number of benzene rings is 2. The van der Waals surface area contributed by atoms with E-state index in [2.05, 4.69) is 10.3 Å². The van der Waals surface area contributed by atoms with Crippen molar-refractivity contribution in [3.8, 4) is 11.1 Å². The van der Waals surface area contributed by atoms with Gasteiger partial charge in [-0.3, -0.25) is 14.9 Å². The molecule has 12 heteroatoms. The maximum absolute atomic E-state index is 12.3. The zero-order valence-corrected chi connectivity index (χ0v) is 20.0. The molecular formula is C26H24N6O6+4. The Bertz CT molecular complexity index is 1490. The number of aliphatic hydroxyl groups excluding tert-OH is 1. The molecule has 0 aliphatic heterocycles. The van der Waals surface area contributed by atoms with Gasteiger partial charge in [-0.1, -0.05) is 0 Å². The molecule has 0 saturated heterocycles. The van der Waals surface area contributed by atoms with Crippen molar-refractivity contribution >= 4 is 34.6 Å². The fourth-order valence-electron chi connectivity index (χ4n) is 3.59. The van der Waals surface area contributed by atoms with Gasteiger partial charge in [0.15, 0.2) is 24.8 Å². The fourth-order valence-corrected chi connectivity index (χ4v) is 3.59. The van der Waals surface area contributed by atoms with E-state index in [9.17, 15) is 24.9 Å². The van der Waals surface area contributed by atoms with Crippen LogP contribution in [0.1, 0.15) is 0 Å². The number of hydrogen-bond acceptors (Lipinski definition) is 4. The molecule has 4 rings (SSSR count). The van der Waals surface area contributed by atoms with Crippen LogP contribution in [-0.4, -0.2) is 32.0 Å². The van der Waals surface area contributed by atoms with Crippen molar-refractivity contribution in [2.45, 2.75) is 13.1 Å². The highest BCUT2D eigenvalue weighted by Gasteiger charge is 2.16. The molecule has 0 aliphatic carbocycles. The Balaban J connectivity index is 1.33. The first-order valence-electron chi connectivity index (χ1n) is 11.4. The third kappa shape index (κ3) is 6.79. The van der Waals surface area contributed by atoms with Crippen LogP contribution < -0.4 is 19.4 Å². The minimum atomic E-state index is -0.499. The van der Waals surface area contributed by atoms with Crippen molar-refractivity contribution in [3.63, 3.8) is 0 Å². The van der Waals surface area contributed by atoms with Crippen LogP contribution in [0.15, 0.2) is 97.6 Å². The Kier molecular flexibility index (Phi) is 7.72. The van der Waals surface area contributed by atoms with Crippen LogP contribution in [0, 0.1) is 15.0 Å². The van der Waals surface area contributed by atoms with Gasteiger partial charge in [-0.2, -0.15) is 14.1 Å². The van der Waals surface area contributed by atoms with Crippen LogP contribution in [0.3, 0.4) is 0 Å². The molecule has 0 bridgehead atoms. The van der Waals surface area contributed by atoms with E-state index in [1.165, 1.54) is 36.4 Å². The number of anilines is 1. The standard InChI is InChI=1S/C26H21N6O6/c33-25(27-21-1-5-23(6-2-21)31(35)36)17-29-13-9-19(10-14-29)20-11-15-30(16-12-20)18-26(34)28-22-3-7-24(8-4-22)32(37)38/h1-16H,17-18H2,(H-2,27,28,33,34,35,36)/q+1/p+3. The molecule has 0 aliphatic rings. The Morgan fingerprint density at radius 2 is 1.29 bits per heavy atom. The fraction of sp³-hybridized carbons (Fsp3) is 0.0769. The van der Waals surface area contributed by atoms with E-state index in [-0.39, 0.29) is 41.2 Å². The maximum atomic E-state index is 12.3.